The Hall–Kier alpha value is -4.62. The number of ether oxygens (including phenoxy) is 1. The molecule has 1 aliphatic rings. The van der Waals surface area contributed by atoms with Gasteiger partial charge in [-0.25, -0.2) is 9.78 Å². The summed E-state index contributed by atoms with van der Waals surface area (Å²) >= 11 is 0. The number of esters is 2. The van der Waals surface area contributed by atoms with E-state index in [4.69, 9.17) is 9.05 Å². The van der Waals surface area contributed by atoms with Crippen LogP contribution in [0, 0.1) is 0 Å². The minimum absolute atomic E-state index is 0.0629. The highest BCUT2D eigenvalue weighted by molar-refractivity contribution is 5.88. The molecule has 0 fully saturated rings. The van der Waals surface area contributed by atoms with Crippen LogP contribution < -0.4 is 5.32 Å². The van der Waals surface area contributed by atoms with E-state index in [-0.39, 0.29) is 24.0 Å². The number of nitrogens with one attached hydrogen (secondary N) is 1. The smallest absolute Gasteiger partial charge is 0.386 e. The Labute approximate surface area is 231 Å². The predicted molar refractivity (Wildman–Crippen MR) is 135 cm³/mol. The van der Waals surface area contributed by atoms with E-state index in [1.807, 2.05) is 6.07 Å². The van der Waals surface area contributed by atoms with Gasteiger partial charge in [-0.2, -0.15) is 23.1 Å². The van der Waals surface area contributed by atoms with Gasteiger partial charge in [0.1, 0.15) is 5.82 Å². The Morgan fingerprint density at radius 2 is 1.83 bits per heavy atom. The second kappa shape index (κ2) is 12.3. The quantitative estimate of drug-likeness (QED) is 0.214. The first kappa shape index (κ1) is 27.9. The van der Waals surface area contributed by atoms with Gasteiger partial charge in [0.05, 0.1) is 12.3 Å². The molecule has 4 aromatic rings. The number of pyridine rings is 1. The van der Waals surface area contributed by atoms with E-state index in [9.17, 15) is 22.8 Å². The topological polar surface area (TPSA) is 146 Å². The fraction of sp³-hybridized carbons (Fsp3) is 0.370. The van der Waals surface area contributed by atoms with Crippen LogP contribution in [0.3, 0.4) is 0 Å². The highest BCUT2D eigenvalue weighted by Gasteiger charge is 2.43. The van der Waals surface area contributed by atoms with Crippen molar-refractivity contribution in [3.05, 3.63) is 71.3 Å². The zero-order valence-electron chi connectivity index (χ0n) is 21.7. The number of nitrogens with zero attached hydrogens (tertiary/aromatic N) is 5. The number of hydrogen-bond donors (Lipinski definition) is 1. The SMILES string of the molecule is O=C(CC(Cc1nc(CCCc2ccc3c(n2)NCCC3)no1)c1nc(-c2ccccc2)no1)OC(=O)C(F)(F)F. The van der Waals surface area contributed by atoms with Crippen LogP contribution in [0.5, 0.6) is 0 Å². The first-order valence-corrected chi connectivity index (χ1v) is 13.0. The van der Waals surface area contributed by atoms with Gasteiger partial charge in [0.25, 0.3) is 0 Å². The molecule has 1 aliphatic heterocycles. The molecule has 1 aromatic carbocycles. The number of anilines is 1. The van der Waals surface area contributed by atoms with Crippen molar-refractivity contribution in [2.75, 3.05) is 11.9 Å². The molecule has 1 atom stereocenters. The number of carbonyl (C=O) groups excluding carboxylic acids is 2. The van der Waals surface area contributed by atoms with Crippen molar-refractivity contribution < 1.29 is 36.5 Å². The van der Waals surface area contributed by atoms with Gasteiger partial charge in [0, 0.05) is 30.6 Å². The molecule has 0 aliphatic carbocycles. The minimum Gasteiger partial charge on any atom is -0.386 e. The van der Waals surface area contributed by atoms with Crippen molar-refractivity contribution in [2.45, 2.75) is 57.0 Å². The van der Waals surface area contributed by atoms with Crippen LogP contribution in [-0.4, -0.2) is 49.9 Å². The van der Waals surface area contributed by atoms with Gasteiger partial charge in [-0.1, -0.05) is 46.7 Å². The average Bonchev–Trinajstić information content (AvgIpc) is 3.63. The van der Waals surface area contributed by atoms with Crippen molar-refractivity contribution in [1.29, 1.82) is 0 Å². The average molecular weight is 571 g/mol. The van der Waals surface area contributed by atoms with E-state index in [0.29, 0.717) is 30.7 Å². The predicted octanol–water partition coefficient (Wildman–Crippen LogP) is 4.40. The summed E-state index contributed by atoms with van der Waals surface area (Å²) in [5.74, 6) is -3.42. The van der Waals surface area contributed by atoms with Gasteiger partial charge in [-0.05, 0) is 37.3 Å². The fourth-order valence-electron chi connectivity index (χ4n) is 4.38. The highest BCUT2D eigenvalue weighted by atomic mass is 19.4. The van der Waals surface area contributed by atoms with Gasteiger partial charge >= 0.3 is 18.1 Å². The van der Waals surface area contributed by atoms with Gasteiger partial charge in [0.15, 0.2) is 5.82 Å². The molecule has 0 radical (unpaired) electrons. The molecule has 0 bridgehead atoms. The second-order valence-corrected chi connectivity index (χ2v) is 9.49. The van der Waals surface area contributed by atoms with Crippen LogP contribution in [0.15, 0.2) is 51.5 Å². The van der Waals surface area contributed by atoms with Crippen LogP contribution in [0.1, 0.15) is 54.0 Å². The Kier molecular flexibility index (Phi) is 8.36. The summed E-state index contributed by atoms with van der Waals surface area (Å²) < 4.78 is 52.4. The molecule has 5 rings (SSSR count). The van der Waals surface area contributed by atoms with E-state index in [1.54, 1.807) is 30.3 Å². The summed E-state index contributed by atoms with van der Waals surface area (Å²) in [4.78, 5) is 36.7. The number of aryl methyl sites for hydroxylation is 3. The third-order valence-electron chi connectivity index (χ3n) is 6.39. The lowest BCUT2D eigenvalue weighted by Crippen LogP contribution is -2.28. The summed E-state index contributed by atoms with van der Waals surface area (Å²) in [7, 11) is 0. The van der Waals surface area contributed by atoms with Crippen LogP contribution in [0.25, 0.3) is 11.4 Å². The standard InChI is InChI=1S/C27H25F3N6O5/c28-27(29,30)26(38)39-22(37)15-18(25-34-24(36-41-25)16-6-2-1-3-7-16)14-21-33-20(35-40-21)10-4-9-19-12-11-17-8-5-13-31-23(17)32-19/h1-3,6-7,11-12,18H,4-5,8-10,13-15H2,(H,31,32). The first-order valence-electron chi connectivity index (χ1n) is 13.0. The number of hydrogen-bond acceptors (Lipinski definition) is 11. The highest BCUT2D eigenvalue weighted by Crippen LogP contribution is 2.27. The number of aromatic nitrogens is 5. The molecule has 0 spiro atoms. The van der Waals surface area contributed by atoms with Gasteiger partial charge in [-0.3, -0.25) is 4.79 Å². The normalized spacial score (nSPS) is 13.7. The van der Waals surface area contributed by atoms with Gasteiger partial charge in [-0.15, -0.1) is 0 Å². The molecular weight excluding hydrogens is 545 g/mol. The molecule has 0 saturated heterocycles. The number of carbonyl (C=O) groups is 2. The zero-order valence-corrected chi connectivity index (χ0v) is 21.7. The molecule has 214 valence electrons. The van der Waals surface area contributed by atoms with Crippen molar-refractivity contribution in [3.8, 4) is 11.4 Å². The lowest BCUT2D eigenvalue weighted by atomic mass is 10.0. The van der Waals surface area contributed by atoms with Crippen LogP contribution in [0.4, 0.5) is 19.0 Å². The van der Waals surface area contributed by atoms with E-state index >= 15 is 0 Å². The Morgan fingerprint density at radius 3 is 2.63 bits per heavy atom. The van der Waals surface area contributed by atoms with E-state index in [1.165, 1.54) is 5.56 Å². The van der Waals surface area contributed by atoms with Gasteiger partial charge < -0.3 is 19.1 Å². The molecule has 41 heavy (non-hydrogen) atoms. The van der Waals surface area contributed by atoms with Crippen LogP contribution >= 0.6 is 0 Å². The Bertz CT molecular complexity index is 1500. The Morgan fingerprint density at radius 1 is 1.00 bits per heavy atom. The minimum atomic E-state index is -5.32. The number of halogens is 3. The van der Waals surface area contributed by atoms with Crippen molar-refractivity contribution in [3.63, 3.8) is 0 Å². The van der Waals surface area contributed by atoms with Crippen LogP contribution in [-0.2, 0) is 40.0 Å². The third-order valence-corrected chi connectivity index (χ3v) is 6.39. The van der Waals surface area contributed by atoms with Gasteiger partial charge in [0.2, 0.25) is 17.6 Å². The van der Waals surface area contributed by atoms with E-state index in [0.717, 1.165) is 30.9 Å². The lowest BCUT2D eigenvalue weighted by molar-refractivity contribution is -0.202. The summed E-state index contributed by atoms with van der Waals surface area (Å²) in [5, 5.41) is 11.2. The summed E-state index contributed by atoms with van der Waals surface area (Å²) in [6, 6.07) is 12.9. The largest absolute Gasteiger partial charge is 0.491 e. The molecular formula is C27H25F3N6O5. The number of rotatable bonds is 10. The fourth-order valence-corrected chi connectivity index (χ4v) is 4.38. The van der Waals surface area contributed by atoms with Crippen molar-refractivity contribution in [2.24, 2.45) is 0 Å². The van der Waals surface area contributed by atoms with Crippen molar-refractivity contribution >= 4 is 17.8 Å². The molecule has 1 unspecified atom stereocenters. The lowest BCUT2D eigenvalue weighted by Gasteiger charge is -2.17. The number of fused-ring (bicyclic) bond motifs is 1. The van der Waals surface area contributed by atoms with E-state index < -0.39 is 30.5 Å². The maximum absolute atomic E-state index is 12.6. The third kappa shape index (κ3) is 7.32. The molecule has 1 N–H and O–H groups in total. The number of alkyl halides is 3. The second-order valence-electron chi connectivity index (χ2n) is 9.49. The van der Waals surface area contributed by atoms with Crippen molar-refractivity contribution in [1.82, 2.24) is 25.3 Å². The number of benzene rings is 1. The summed E-state index contributed by atoms with van der Waals surface area (Å²) in [6.45, 7) is 0.906. The molecule has 0 saturated carbocycles. The zero-order chi connectivity index (χ0) is 28.8. The maximum atomic E-state index is 12.6. The molecule has 14 heteroatoms. The molecule has 4 heterocycles. The monoisotopic (exact) mass is 570 g/mol. The van der Waals surface area contributed by atoms with Crippen LogP contribution in [0.2, 0.25) is 0 Å². The first-order chi connectivity index (χ1) is 19.7. The molecule has 3 aromatic heterocycles. The summed E-state index contributed by atoms with van der Waals surface area (Å²) in [5.41, 5.74) is 2.78. The molecule has 11 nitrogen and oxygen atoms in total. The van der Waals surface area contributed by atoms with E-state index in [2.05, 4.69) is 41.4 Å². The Balaban J connectivity index is 1.24. The summed E-state index contributed by atoms with van der Waals surface area (Å²) in [6.07, 6.45) is -2.12. The molecule has 0 amide bonds. The maximum Gasteiger partial charge on any atom is 0.491 e.